The second-order valence-electron chi connectivity index (χ2n) is 5.67. The molecule has 0 aliphatic carbocycles. The van der Waals surface area contributed by atoms with Crippen molar-refractivity contribution in [2.24, 2.45) is 0 Å². The first-order valence-corrected chi connectivity index (χ1v) is 8.31. The highest BCUT2D eigenvalue weighted by Gasteiger charge is 2.23. The van der Waals surface area contributed by atoms with Crippen molar-refractivity contribution in [1.29, 1.82) is 0 Å². The Morgan fingerprint density at radius 2 is 2.08 bits per heavy atom. The van der Waals surface area contributed by atoms with E-state index < -0.39 is 0 Å². The normalized spacial score (nSPS) is 15.4. The first kappa shape index (κ1) is 17.0. The Balaban J connectivity index is 1.82. The molecule has 0 radical (unpaired) electrons. The van der Waals surface area contributed by atoms with Crippen LogP contribution in [0.4, 0.5) is 5.69 Å². The minimum atomic E-state index is 0.559. The van der Waals surface area contributed by atoms with E-state index in [2.05, 4.69) is 10.1 Å². The molecule has 2 aromatic rings. The lowest BCUT2D eigenvalue weighted by atomic mass is 10.1. The Morgan fingerprint density at radius 3 is 2.79 bits per heavy atom. The minimum absolute atomic E-state index is 0.559. The van der Waals surface area contributed by atoms with Gasteiger partial charge in [0, 0.05) is 31.7 Å². The molecule has 2 heterocycles. The zero-order valence-corrected chi connectivity index (χ0v) is 14.3. The van der Waals surface area contributed by atoms with E-state index in [1.54, 1.807) is 17.9 Å². The highest BCUT2D eigenvalue weighted by atomic mass is 35.5. The summed E-state index contributed by atoms with van der Waals surface area (Å²) in [4.78, 5) is 15.6. The number of morpholine rings is 1. The summed E-state index contributed by atoms with van der Waals surface area (Å²) in [5.74, 6) is 0.596. The number of anilines is 1. The highest BCUT2D eigenvalue weighted by molar-refractivity contribution is 6.33. The third kappa shape index (κ3) is 3.61. The number of halogens is 1. The Hall–Kier alpha value is -1.89. The first-order valence-electron chi connectivity index (χ1n) is 7.94. The van der Waals surface area contributed by atoms with Crippen LogP contribution in [0.15, 0.2) is 28.8 Å². The van der Waals surface area contributed by atoms with E-state index in [9.17, 15) is 4.79 Å². The Morgan fingerprint density at radius 1 is 1.33 bits per heavy atom. The number of rotatable bonds is 6. The van der Waals surface area contributed by atoms with Crippen molar-refractivity contribution in [3.8, 4) is 11.3 Å². The first-order chi connectivity index (χ1) is 11.7. The number of aromatic nitrogens is 1. The van der Waals surface area contributed by atoms with Gasteiger partial charge in [0.2, 0.25) is 6.41 Å². The molecule has 7 heteroatoms. The third-order valence-electron chi connectivity index (χ3n) is 4.14. The van der Waals surface area contributed by atoms with Crippen LogP contribution in [0.3, 0.4) is 0 Å². The largest absolute Gasteiger partial charge is 0.379 e. The molecule has 128 valence electrons. The SMILES string of the molecule is Cc1onc(-c2ccccc2Cl)c1N(C=O)CCN1CCOCC1. The summed E-state index contributed by atoms with van der Waals surface area (Å²) in [5.41, 5.74) is 2.02. The van der Waals surface area contributed by atoms with E-state index in [4.69, 9.17) is 20.9 Å². The van der Waals surface area contributed by atoms with E-state index >= 15 is 0 Å². The molecule has 0 N–H and O–H groups in total. The van der Waals surface area contributed by atoms with Gasteiger partial charge >= 0.3 is 0 Å². The summed E-state index contributed by atoms with van der Waals surface area (Å²) in [7, 11) is 0. The average molecular weight is 350 g/mol. The lowest BCUT2D eigenvalue weighted by Crippen LogP contribution is -2.41. The number of carbonyl (C=O) groups excluding carboxylic acids is 1. The average Bonchev–Trinajstić information content (AvgIpc) is 2.99. The second-order valence-corrected chi connectivity index (χ2v) is 6.08. The molecule has 0 saturated carbocycles. The number of carbonyl (C=O) groups is 1. The van der Waals surface area contributed by atoms with E-state index in [-0.39, 0.29) is 0 Å². The zero-order valence-electron chi connectivity index (χ0n) is 13.6. The Kier molecular flexibility index (Phi) is 5.50. The van der Waals surface area contributed by atoms with Crippen LogP contribution in [-0.2, 0) is 9.53 Å². The topological polar surface area (TPSA) is 58.8 Å². The van der Waals surface area contributed by atoms with Crippen molar-refractivity contribution in [3.05, 3.63) is 35.0 Å². The quantitative estimate of drug-likeness (QED) is 0.750. The molecular weight excluding hydrogens is 330 g/mol. The van der Waals surface area contributed by atoms with Gasteiger partial charge in [0.25, 0.3) is 0 Å². The molecular formula is C17H20ClN3O3. The monoisotopic (exact) mass is 349 g/mol. The van der Waals surface area contributed by atoms with E-state index in [0.717, 1.165) is 44.8 Å². The number of benzene rings is 1. The van der Waals surface area contributed by atoms with Gasteiger partial charge in [-0.05, 0) is 13.0 Å². The third-order valence-corrected chi connectivity index (χ3v) is 4.47. The summed E-state index contributed by atoms with van der Waals surface area (Å²) in [6, 6.07) is 7.40. The molecule has 1 aliphatic heterocycles. The molecule has 1 aliphatic rings. The molecule has 1 aromatic heterocycles. The molecule has 0 unspecified atom stereocenters. The fourth-order valence-electron chi connectivity index (χ4n) is 2.83. The van der Waals surface area contributed by atoms with Gasteiger partial charge in [-0.2, -0.15) is 0 Å². The van der Waals surface area contributed by atoms with Crippen LogP contribution in [0.5, 0.6) is 0 Å². The fraction of sp³-hybridized carbons (Fsp3) is 0.412. The maximum Gasteiger partial charge on any atom is 0.214 e. The molecule has 1 saturated heterocycles. The van der Waals surface area contributed by atoms with Crippen molar-refractivity contribution in [1.82, 2.24) is 10.1 Å². The summed E-state index contributed by atoms with van der Waals surface area (Å²) in [6.07, 6.45) is 0.820. The maximum absolute atomic E-state index is 11.7. The van der Waals surface area contributed by atoms with Gasteiger partial charge in [-0.15, -0.1) is 0 Å². The van der Waals surface area contributed by atoms with Crippen LogP contribution in [0, 0.1) is 6.92 Å². The minimum Gasteiger partial charge on any atom is -0.379 e. The number of amides is 1. The molecule has 6 nitrogen and oxygen atoms in total. The van der Waals surface area contributed by atoms with Gasteiger partial charge < -0.3 is 14.2 Å². The summed E-state index contributed by atoms with van der Waals surface area (Å²) in [6.45, 7) is 6.36. The molecule has 1 amide bonds. The lowest BCUT2D eigenvalue weighted by molar-refractivity contribution is -0.107. The molecule has 1 aromatic carbocycles. The summed E-state index contributed by atoms with van der Waals surface area (Å²) < 4.78 is 10.7. The van der Waals surface area contributed by atoms with Crippen LogP contribution in [0.25, 0.3) is 11.3 Å². The number of aryl methyl sites for hydroxylation is 1. The van der Waals surface area contributed by atoms with Crippen molar-refractivity contribution >= 4 is 23.7 Å². The van der Waals surface area contributed by atoms with E-state index in [0.29, 0.717) is 28.7 Å². The fourth-order valence-corrected chi connectivity index (χ4v) is 3.05. The van der Waals surface area contributed by atoms with Crippen LogP contribution >= 0.6 is 11.6 Å². The second kappa shape index (κ2) is 7.79. The van der Waals surface area contributed by atoms with Gasteiger partial charge in [0.05, 0.1) is 18.2 Å². The Bertz CT molecular complexity index is 698. The predicted molar refractivity (Wildman–Crippen MR) is 92.4 cm³/mol. The van der Waals surface area contributed by atoms with Crippen LogP contribution in [-0.4, -0.2) is 55.9 Å². The van der Waals surface area contributed by atoms with Gasteiger partial charge in [-0.3, -0.25) is 9.69 Å². The van der Waals surface area contributed by atoms with Gasteiger partial charge in [0.15, 0.2) is 5.76 Å². The van der Waals surface area contributed by atoms with Crippen LogP contribution in [0.1, 0.15) is 5.76 Å². The van der Waals surface area contributed by atoms with Crippen molar-refractivity contribution in [2.45, 2.75) is 6.92 Å². The number of hydrogen-bond donors (Lipinski definition) is 0. The molecule has 0 atom stereocenters. The van der Waals surface area contributed by atoms with Crippen molar-refractivity contribution < 1.29 is 14.1 Å². The molecule has 24 heavy (non-hydrogen) atoms. The zero-order chi connectivity index (χ0) is 16.9. The van der Waals surface area contributed by atoms with Crippen LogP contribution < -0.4 is 4.90 Å². The maximum atomic E-state index is 11.7. The Labute approximate surface area is 145 Å². The van der Waals surface area contributed by atoms with Gasteiger partial charge in [-0.25, -0.2) is 0 Å². The van der Waals surface area contributed by atoms with Crippen molar-refractivity contribution in [2.75, 3.05) is 44.3 Å². The molecule has 0 spiro atoms. The van der Waals surface area contributed by atoms with Crippen molar-refractivity contribution in [3.63, 3.8) is 0 Å². The van der Waals surface area contributed by atoms with E-state index in [1.165, 1.54) is 0 Å². The van der Waals surface area contributed by atoms with Gasteiger partial charge in [0.1, 0.15) is 11.4 Å². The lowest BCUT2D eigenvalue weighted by Gasteiger charge is -2.28. The van der Waals surface area contributed by atoms with Crippen LogP contribution in [0.2, 0.25) is 5.02 Å². The highest BCUT2D eigenvalue weighted by Crippen LogP contribution is 2.36. The van der Waals surface area contributed by atoms with Gasteiger partial charge in [-0.1, -0.05) is 35.0 Å². The number of nitrogens with zero attached hydrogens (tertiary/aromatic N) is 3. The summed E-state index contributed by atoms with van der Waals surface area (Å²) >= 11 is 6.28. The predicted octanol–water partition coefficient (Wildman–Crippen LogP) is 2.60. The van der Waals surface area contributed by atoms with E-state index in [1.807, 2.05) is 18.2 Å². The number of hydrogen-bond acceptors (Lipinski definition) is 5. The smallest absolute Gasteiger partial charge is 0.214 e. The molecule has 1 fully saturated rings. The molecule has 3 rings (SSSR count). The molecule has 0 bridgehead atoms. The number of ether oxygens (including phenoxy) is 1. The standard InChI is InChI=1S/C17H20ClN3O3/c1-13-17(16(19-24-13)14-4-2-3-5-15(14)18)21(12-22)7-6-20-8-10-23-11-9-20/h2-5,12H,6-11H2,1H3. The summed E-state index contributed by atoms with van der Waals surface area (Å²) in [5, 5.41) is 4.69.